The van der Waals surface area contributed by atoms with Crippen molar-refractivity contribution in [3.63, 3.8) is 0 Å². The number of alkyl halides is 6. The van der Waals surface area contributed by atoms with Gasteiger partial charge in [0.25, 0.3) is 0 Å². The average molecular weight is 364 g/mol. The van der Waals surface area contributed by atoms with Crippen LogP contribution in [0.3, 0.4) is 0 Å². The van der Waals surface area contributed by atoms with E-state index in [2.05, 4.69) is 9.47 Å². The third-order valence-electron chi connectivity index (χ3n) is 3.13. The zero-order chi connectivity index (χ0) is 18.8. The fourth-order valence-electron chi connectivity index (χ4n) is 2.07. The van der Waals surface area contributed by atoms with Crippen LogP contribution in [0.25, 0.3) is 11.1 Å². The lowest BCUT2D eigenvalue weighted by Crippen LogP contribution is -2.19. The maximum Gasteiger partial charge on any atom is 0.573 e. The molecule has 0 unspecified atom stereocenters. The van der Waals surface area contributed by atoms with Gasteiger partial charge in [0.15, 0.2) is 0 Å². The molecule has 0 aromatic heterocycles. The van der Waals surface area contributed by atoms with Crippen molar-refractivity contribution in [2.75, 3.05) is 7.11 Å². The molecule has 0 aliphatic heterocycles. The van der Waals surface area contributed by atoms with Crippen molar-refractivity contribution in [2.45, 2.75) is 12.5 Å². The molecule has 0 N–H and O–H groups in total. The van der Waals surface area contributed by atoms with E-state index in [9.17, 15) is 31.1 Å². The number of methoxy groups -OCH3 is 1. The van der Waals surface area contributed by atoms with Gasteiger partial charge in [-0.1, -0.05) is 18.2 Å². The molecule has 0 aliphatic carbocycles. The lowest BCUT2D eigenvalue weighted by molar-refractivity contribution is -0.274. The first-order chi connectivity index (χ1) is 11.5. The predicted molar refractivity (Wildman–Crippen MR) is 74.9 cm³/mol. The van der Waals surface area contributed by atoms with Gasteiger partial charge in [0.05, 0.1) is 12.7 Å². The Hall–Kier alpha value is -2.71. The van der Waals surface area contributed by atoms with E-state index in [1.54, 1.807) is 0 Å². The van der Waals surface area contributed by atoms with E-state index < -0.39 is 35.4 Å². The molecule has 0 saturated carbocycles. The molecule has 3 nitrogen and oxygen atoms in total. The molecule has 134 valence electrons. The third kappa shape index (κ3) is 4.65. The topological polar surface area (TPSA) is 35.5 Å². The molecule has 9 heteroatoms. The van der Waals surface area contributed by atoms with Gasteiger partial charge in [0.2, 0.25) is 0 Å². The Bertz CT molecular complexity index is 780. The molecule has 0 bridgehead atoms. The first-order valence-corrected chi connectivity index (χ1v) is 6.67. The summed E-state index contributed by atoms with van der Waals surface area (Å²) in [7, 11) is 0.955. The molecule has 0 amide bonds. The Morgan fingerprint density at radius 3 is 2.12 bits per heavy atom. The van der Waals surface area contributed by atoms with Crippen LogP contribution >= 0.6 is 0 Å². The monoisotopic (exact) mass is 364 g/mol. The highest BCUT2D eigenvalue weighted by Crippen LogP contribution is 2.34. The number of benzene rings is 2. The lowest BCUT2D eigenvalue weighted by atomic mass is 10.0. The minimum absolute atomic E-state index is 0.0681. The van der Waals surface area contributed by atoms with Gasteiger partial charge in [-0.3, -0.25) is 0 Å². The number of carbonyl (C=O) groups is 1. The summed E-state index contributed by atoms with van der Waals surface area (Å²) in [5.41, 5.74) is -1.32. The van der Waals surface area contributed by atoms with Gasteiger partial charge in [0.1, 0.15) is 11.3 Å². The summed E-state index contributed by atoms with van der Waals surface area (Å²) in [6, 6.07) is 7.08. The quantitative estimate of drug-likeness (QED) is 0.564. The first kappa shape index (κ1) is 18.6. The standard InChI is InChI=1S/C16H10F6O3/c1-24-14(23)12-8-10(5-6-13(12)25-16(20,21)22)9-3-2-4-11(7-9)15(17,18)19/h2-8H,1H3. The van der Waals surface area contributed by atoms with Crippen LogP contribution in [-0.4, -0.2) is 19.4 Å². The summed E-state index contributed by atoms with van der Waals surface area (Å²) < 4.78 is 83.7. The lowest BCUT2D eigenvalue weighted by Gasteiger charge is -2.14. The second-order valence-electron chi connectivity index (χ2n) is 4.83. The molecule has 0 saturated heterocycles. The molecule has 25 heavy (non-hydrogen) atoms. The van der Waals surface area contributed by atoms with E-state index in [0.29, 0.717) is 0 Å². The number of ether oxygens (including phenoxy) is 2. The summed E-state index contributed by atoms with van der Waals surface area (Å²) in [5, 5.41) is 0. The van der Waals surface area contributed by atoms with Gasteiger partial charge in [-0.15, -0.1) is 13.2 Å². The second kappa shape index (κ2) is 6.66. The van der Waals surface area contributed by atoms with Gasteiger partial charge in [0, 0.05) is 0 Å². The van der Waals surface area contributed by atoms with Gasteiger partial charge in [-0.25, -0.2) is 4.79 Å². The third-order valence-corrected chi connectivity index (χ3v) is 3.13. The van der Waals surface area contributed by atoms with Crippen LogP contribution in [0.2, 0.25) is 0 Å². The number of halogens is 6. The number of carbonyl (C=O) groups excluding carboxylic acids is 1. The zero-order valence-electron chi connectivity index (χ0n) is 12.5. The highest BCUT2D eigenvalue weighted by atomic mass is 19.4. The Labute approximate surface area is 137 Å². The van der Waals surface area contributed by atoms with Crippen molar-refractivity contribution in [1.29, 1.82) is 0 Å². The van der Waals surface area contributed by atoms with Crippen molar-refractivity contribution < 1.29 is 40.6 Å². The van der Waals surface area contributed by atoms with Crippen LogP contribution in [0.4, 0.5) is 26.3 Å². The van der Waals surface area contributed by atoms with Crippen molar-refractivity contribution >= 4 is 5.97 Å². The average Bonchev–Trinajstić information content (AvgIpc) is 2.52. The van der Waals surface area contributed by atoms with Gasteiger partial charge in [-0.2, -0.15) is 13.2 Å². The van der Waals surface area contributed by atoms with Crippen molar-refractivity contribution in [1.82, 2.24) is 0 Å². The normalized spacial score (nSPS) is 12.0. The highest BCUT2D eigenvalue weighted by molar-refractivity contribution is 5.94. The van der Waals surface area contributed by atoms with Crippen molar-refractivity contribution in [2.24, 2.45) is 0 Å². The Morgan fingerprint density at radius 1 is 0.920 bits per heavy atom. The summed E-state index contributed by atoms with van der Waals surface area (Å²) in [4.78, 5) is 11.7. The fraction of sp³-hybridized carbons (Fsp3) is 0.188. The van der Waals surface area contributed by atoms with Gasteiger partial charge in [-0.05, 0) is 35.4 Å². The Balaban J connectivity index is 2.52. The molecule has 0 fully saturated rings. The summed E-state index contributed by atoms with van der Waals surface area (Å²) in [6.07, 6.45) is -9.62. The predicted octanol–water partition coefficient (Wildman–Crippen LogP) is 5.06. The van der Waals surface area contributed by atoms with Crippen LogP contribution in [0.15, 0.2) is 42.5 Å². The van der Waals surface area contributed by atoms with E-state index in [1.165, 1.54) is 6.07 Å². The van der Waals surface area contributed by atoms with E-state index in [0.717, 1.165) is 43.5 Å². The number of rotatable bonds is 3. The van der Waals surface area contributed by atoms with Crippen LogP contribution in [-0.2, 0) is 10.9 Å². The summed E-state index contributed by atoms with van der Waals surface area (Å²) in [5.74, 6) is -1.93. The van der Waals surface area contributed by atoms with Crippen LogP contribution in [0.5, 0.6) is 5.75 Å². The molecular weight excluding hydrogens is 354 g/mol. The van der Waals surface area contributed by atoms with E-state index in [1.807, 2.05) is 0 Å². The number of hydrogen-bond acceptors (Lipinski definition) is 3. The van der Waals surface area contributed by atoms with E-state index in [4.69, 9.17) is 0 Å². The van der Waals surface area contributed by atoms with E-state index >= 15 is 0 Å². The second-order valence-corrected chi connectivity index (χ2v) is 4.83. The Morgan fingerprint density at radius 2 is 1.56 bits per heavy atom. The van der Waals surface area contributed by atoms with Gasteiger partial charge >= 0.3 is 18.5 Å². The highest BCUT2D eigenvalue weighted by Gasteiger charge is 2.33. The molecule has 2 rings (SSSR count). The summed E-state index contributed by atoms with van der Waals surface area (Å²) >= 11 is 0. The Kier molecular flexibility index (Phi) is 4.96. The summed E-state index contributed by atoms with van der Waals surface area (Å²) in [6.45, 7) is 0. The molecule has 2 aromatic carbocycles. The SMILES string of the molecule is COC(=O)c1cc(-c2cccc(C(F)(F)F)c2)ccc1OC(F)(F)F. The number of hydrogen-bond donors (Lipinski definition) is 0. The maximum absolute atomic E-state index is 12.8. The smallest absolute Gasteiger partial charge is 0.465 e. The van der Waals surface area contributed by atoms with Crippen LogP contribution in [0, 0.1) is 0 Å². The largest absolute Gasteiger partial charge is 0.573 e. The molecule has 0 radical (unpaired) electrons. The minimum Gasteiger partial charge on any atom is -0.465 e. The first-order valence-electron chi connectivity index (χ1n) is 6.67. The fourth-order valence-corrected chi connectivity index (χ4v) is 2.07. The van der Waals surface area contributed by atoms with E-state index in [-0.39, 0.29) is 11.1 Å². The van der Waals surface area contributed by atoms with Crippen molar-refractivity contribution in [3.05, 3.63) is 53.6 Å². The molecule has 2 aromatic rings. The van der Waals surface area contributed by atoms with Crippen molar-refractivity contribution in [3.8, 4) is 16.9 Å². The van der Waals surface area contributed by atoms with Crippen LogP contribution < -0.4 is 4.74 Å². The molecule has 0 heterocycles. The minimum atomic E-state index is -5.04. The maximum atomic E-state index is 12.8. The zero-order valence-corrected chi connectivity index (χ0v) is 12.5. The van der Waals surface area contributed by atoms with Crippen LogP contribution in [0.1, 0.15) is 15.9 Å². The number of esters is 1. The molecular formula is C16H10F6O3. The molecule has 0 aliphatic rings. The molecule has 0 atom stereocenters. The molecule has 0 spiro atoms. The van der Waals surface area contributed by atoms with Gasteiger partial charge < -0.3 is 9.47 Å².